The van der Waals surface area contributed by atoms with Crippen molar-refractivity contribution in [1.29, 1.82) is 0 Å². The average Bonchev–Trinajstić information content (AvgIpc) is 3.21. The Balaban J connectivity index is 1.51. The molecule has 0 atom stereocenters. The Bertz CT molecular complexity index is 1000. The lowest BCUT2D eigenvalue weighted by Crippen LogP contribution is -2.44. The number of carbonyl (C=O) groups excluding carboxylic acids is 1. The zero-order chi connectivity index (χ0) is 19.5. The van der Waals surface area contributed by atoms with Gasteiger partial charge in [-0.15, -0.1) is 11.3 Å². The largest absolute Gasteiger partial charge is 0.354 e. The first-order chi connectivity index (χ1) is 13.6. The molecule has 0 aliphatic carbocycles. The third-order valence-corrected chi connectivity index (χ3v) is 5.88. The predicted molar refractivity (Wildman–Crippen MR) is 118 cm³/mol. The number of aromatic nitrogens is 1. The van der Waals surface area contributed by atoms with E-state index in [1.54, 1.807) is 17.4 Å². The van der Waals surface area contributed by atoms with Crippen molar-refractivity contribution in [3.63, 3.8) is 0 Å². The number of benzene rings is 1. The number of nitrogens with one attached hydrogen (secondary N) is 1. The minimum absolute atomic E-state index is 0.132. The fourth-order valence-electron chi connectivity index (χ4n) is 3.38. The summed E-state index contributed by atoms with van der Waals surface area (Å²) < 4.78 is 0. The molecule has 1 aliphatic rings. The van der Waals surface area contributed by atoms with Gasteiger partial charge in [0.15, 0.2) is 0 Å². The molecule has 4 rings (SSSR count). The summed E-state index contributed by atoms with van der Waals surface area (Å²) in [5, 5.41) is 6.00. The van der Waals surface area contributed by atoms with Gasteiger partial charge in [-0.05, 0) is 61.3 Å². The van der Waals surface area contributed by atoms with Crippen LogP contribution >= 0.6 is 11.3 Å². The number of anilines is 2. The second-order valence-corrected chi connectivity index (χ2v) is 8.14. The fraction of sp³-hybridized carbons (Fsp3) is 0.273. The van der Waals surface area contributed by atoms with Crippen LogP contribution in [0.25, 0.3) is 17.0 Å². The molecule has 0 spiro atoms. The molecule has 1 amide bonds. The van der Waals surface area contributed by atoms with Crippen molar-refractivity contribution in [2.45, 2.75) is 6.92 Å². The number of amides is 1. The molecule has 6 heteroatoms. The number of likely N-dealkylation sites (N-methyl/N-ethyl adjacent to an activating group) is 1. The third-order valence-electron chi connectivity index (χ3n) is 5.04. The normalized spacial score (nSPS) is 15.4. The fourth-order valence-corrected chi connectivity index (χ4v) is 4.00. The second-order valence-electron chi connectivity index (χ2n) is 7.16. The van der Waals surface area contributed by atoms with E-state index in [0.29, 0.717) is 0 Å². The Morgan fingerprint density at radius 2 is 2.00 bits per heavy atom. The number of carbonyl (C=O) groups is 1. The van der Waals surface area contributed by atoms with E-state index >= 15 is 0 Å². The molecule has 144 valence electrons. The van der Waals surface area contributed by atoms with Gasteiger partial charge in [0.25, 0.3) is 0 Å². The summed E-state index contributed by atoms with van der Waals surface area (Å²) >= 11 is 1.61. The van der Waals surface area contributed by atoms with Gasteiger partial charge in [0.05, 0.1) is 5.52 Å². The summed E-state index contributed by atoms with van der Waals surface area (Å²) in [7, 11) is 2.15. The average molecular weight is 393 g/mol. The first kappa shape index (κ1) is 18.7. The van der Waals surface area contributed by atoms with Crippen LogP contribution in [-0.4, -0.2) is 49.0 Å². The van der Waals surface area contributed by atoms with Crippen LogP contribution < -0.4 is 10.2 Å². The number of hydrogen-bond donors (Lipinski definition) is 1. The Hall–Kier alpha value is -2.70. The molecular weight excluding hydrogens is 368 g/mol. The highest BCUT2D eigenvalue weighted by Gasteiger charge is 2.16. The summed E-state index contributed by atoms with van der Waals surface area (Å²) in [5.74, 6) is 0.904. The maximum absolute atomic E-state index is 12.2. The molecule has 3 heterocycles. The van der Waals surface area contributed by atoms with Gasteiger partial charge in [0.1, 0.15) is 5.82 Å². The maximum atomic E-state index is 12.2. The molecule has 1 fully saturated rings. The van der Waals surface area contributed by atoms with Crippen LogP contribution in [0.3, 0.4) is 0 Å². The van der Waals surface area contributed by atoms with Crippen molar-refractivity contribution < 1.29 is 4.79 Å². The van der Waals surface area contributed by atoms with E-state index < -0.39 is 0 Å². The number of fused-ring (bicyclic) bond motifs is 1. The van der Waals surface area contributed by atoms with E-state index in [9.17, 15) is 4.79 Å². The van der Waals surface area contributed by atoms with Crippen LogP contribution in [-0.2, 0) is 4.79 Å². The quantitative estimate of drug-likeness (QED) is 0.682. The van der Waals surface area contributed by atoms with Crippen LogP contribution in [0.5, 0.6) is 0 Å². The third kappa shape index (κ3) is 4.24. The highest BCUT2D eigenvalue weighted by Crippen LogP contribution is 2.26. The van der Waals surface area contributed by atoms with Crippen LogP contribution in [0.4, 0.5) is 11.5 Å². The molecule has 3 aromatic rings. The second kappa shape index (κ2) is 8.12. The molecule has 1 N–H and O–H groups in total. The molecule has 2 aromatic heterocycles. The summed E-state index contributed by atoms with van der Waals surface area (Å²) in [5.41, 5.74) is 2.91. The zero-order valence-corrected chi connectivity index (χ0v) is 17.0. The highest BCUT2D eigenvalue weighted by molar-refractivity contribution is 7.10. The molecule has 0 saturated carbocycles. The van der Waals surface area contributed by atoms with Gasteiger partial charge in [-0.2, -0.15) is 0 Å². The van der Waals surface area contributed by atoms with Crippen LogP contribution in [0.2, 0.25) is 0 Å². The first-order valence-electron chi connectivity index (χ1n) is 9.46. The van der Waals surface area contributed by atoms with Crippen LogP contribution in [0.15, 0.2) is 47.9 Å². The number of piperazine rings is 1. The SMILES string of the molecule is Cc1cc(N2CCN(C)CC2)nc2ccc(NC(=O)C=Cc3cccs3)cc12. The number of nitrogens with zero attached hydrogens (tertiary/aromatic N) is 3. The smallest absolute Gasteiger partial charge is 0.248 e. The number of thiophene rings is 1. The molecule has 5 nitrogen and oxygen atoms in total. The van der Waals surface area contributed by atoms with Gasteiger partial charge >= 0.3 is 0 Å². The van der Waals surface area contributed by atoms with E-state index in [4.69, 9.17) is 4.98 Å². The Labute approximate surface area is 169 Å². The van der Waals surface area contributed by atoms with E-state index in [0.717, 1.165) is 53.5 Å². The number of rotatable bonds is 4. The first-order valence-corrected chi connectivity index (χ1v) is 10.3. The Morgan fingerprint density at radius 3 is 2.75 bits per heavy atom. The lowest BCUT2D eigenvalue weighted by molar-refractivity contribution is -0.111. The number of pyridine rings is 1. The Morgan fingerprint density at radius 1 is 1.18 bits per heavy atom. The van der Waals surface area contributed by atoms with Crippen molar-refractivity contribution in [3.05, 3.63) is 58.3 Å². The van der Waals surface area contributed by atoms with Crippen molar-refractivity contribution in [3.8, 4) is 0 Å². The van der Waals surface area contributed by atoms with Crippen LogP contribution in [0.1, 0.15) is 10.4 Å². The maximum Gasteiger partial charge on any atom is 0.248 e. The molecule has 0 unspecified atom stereocenters. The molecule has 1 aliphatic heterocycles. The summed E-state index contributed by atoms with van der Waals surface area (Å²) in [6, 6.07) is 12.0. The standard InChI is InChI=1S/C22H24N4OS/c1-16-14-21(26-11-9-25(2)10-12-26)24-20-7-5-17(15-19(16)20)23-22(27)8-6-18-4-3-13-28-18/h3-8,13-15H,9-12H2,1-2H3,(H,23,27). The molecular formula is C22H24N4OS. The topological polar surface area (TPSA) is 48.5 Å². The molecule has 0 bridgehead atoms. The van der Waals surface area contributed by atoms with Gasteiger partial charge in [-0.3, -0.25) is 4.79 Å². The lowest BCUT2D eigenvalue weighted by Gasteiger charge is -2.33. The van der Waals surface area contributed by atoms with Crippen molar-refractivity contribution in [2.75, 3.05) is 43.4 Å². The molecule has 0 radical (unpaired) electrons. The molecule has 1 saturated heterocycles. The lowest BCUT2D eigenvalue weighted by atomic mass is 10.1. The molecule has 1 aromatic carbocycles. The monoisotopic (exact) mass is 392 g/mol. The summed E-state index contributed by atoms with van der Waals surface area (Å²) in [6.07, 6.45) is 3.40. The number of aryl methyl sites for hydroxylation is 1. The van der Waals surface area contributed by atoms with Crippen LogP contribution in [0, 0.1) is 6.92 Å². The Kier molecular flexibility index (Phi) is 5.41. The van der Waals surface area contributed by atoms with E-state index in [1.807, 2.05) is 41.8 Å². The van der Waals surface area contributed by atoms with Crippen molar-refractivity contribution in [2.24, 2.45) is 0 Å². The van der Waals surface area contributed by atoms with E-state index in [2.05, 4.69) is 35.2 Å². The van der Waals surface area contributed by atoms with Gasteiger partial charge in [-0.25, -0.2) is 4.98 Å². The zero-order valence-electron chi connectivity index (χ0n) is 16.2. The van der Waals surface area contributed by atoms with E-state index in [1.165, 1.54) is 5.56 Å². The van der Waals surface area contributed by atoms with Gasteiger partial charge in [-0.1, -0.05) is 6.07 Å². The minimum atomic E-state index is -0.132. The highest BCUT2D eigenvalue weighted by atomic mass is 32.1. The van der Waals surface area contributed by atoms with E-state index in [-0.39, 0.29) is 5.91 Å². The minimum Gasteiger partial charge on any atom is -0.354 e. The van der Waals surface area contributed by atoms with Gasteiger partial charge in [0, 0.05) is 48.2 Å². The van der Waals surface area contributed by atoms with Crippen molar-refractivity contribution in [1.82, 2.24) is 9.88 Å². The molecule has 28 heavy (non-hydrogen) atoms. The van der Waals surface area contributed by atoms with Crippen molar-refractivity contribution >= 4 is 45.7 Å². The van der Waals surface area contributed by atoms with Gasteiger partial charge in [0.2, 0.25) is 5.91 Å². The number of hydrogen-bond acceptors (Lipinski definition) is 5. The predicted octanol–water partition coefficient (Wildman–Crippen LogP) is 4.01. The summed E-state index contributed by atoms with van der Waals surface area (Å²) in [6.45, 7) is 6.22. The van der Waals surface area contributed by atoms with Gasteiger partial charge < -0.3 is 15.1 Å². The summed E-state index contributed by atoms with van der Waals surface area (Å²) in [4.78, 5) is 22.8.